The third-order valence-electron chi connectivity index (χ3n) is 3.63. The van der Waals surface area contributed by atoms with Gasteiger partial charge in [0, 0.05) is 18.3 Å². The summed E-state index contributed by atoms with van der Waals surface area (Å²) < 4.78 is 1.56. The molecule has 0 unspecified atom stereocenters. The quantitative estimate of drug-likeness (QED) is 0.700. The zero-order valence-electron chi connectivity index (χ0n) is 13.4. The lowest BCUT2D eigenvalue weighted by molar-refractivity contribution is -0.116. The summed E-state index contributed by atoms with van der Waals surface area (Å²) >= 11 is 1.55. The van der Waals surface area contributed by atoms with Crippen LogP contribution in [0, 0.1) is 0 Å². The van der Waals surface area contributed by atoms with E-state index in [0.717, 1.165) is 5.56 Å². The second kappa shape index (κ2) is 7.67. The predicted octanol–water partition coefficient (Wildman–Crippen LogP) is 1.71. The summed E-state index contributed by atoms with van der Waals surface area (Å²) in [5.41, 5.74) is 2.01. The maximum absolute atomic E-state index is 12.5. The fourth-order valence-electron chi connectivity index (χ4n) is 2.41. The van der Waals surface area contributed by atoms with Crippen molar-refractivity contribution in [2.24, 2.45) is 0 Å². The first kappa shape index (κ1) is 16.8. The summed E-state index contributed by atoms with van der Waals surface area (Å²) in [7, 11) is 1.56. The number of aromatic nitrogens is 4. The first-order valence-electron chi connectivity index (χ1n) is 7.54. The lowest BCUT2D eigenvalue weighted by atomic mass is 10.1. The molecule has 1 aromatic carbocycles. The molecule has 3 aromatic rings. The molecule has 0 aliphatic carbocycles. The van der Waals surface area contributed by atoms with E-state index in [1.807, 2.05) is 16.8 Å². The van der Waals surface area contributed by atoms with Gasteiger partial charge in [-0.3, -0.25) is 9.59 Å². The molecule has 0 spiro atoms. The van der Waals surface area contributed by atoms with Crippen molar-refractivity contribution in [2.45, 2.75) is 12.5 Å². The number of carbonyl (C=O) groups excluding carboxylic acids is 2. The molecule has 1 atom stereocenters. The lowest BCUT2D eigenvalue weighted by Crippen LogP contribution is -2.21. The number of rotatable bonds is 6. The molecule has 3 rings (SSSR count). The Hall–Kier alpha value is -3.07. The van der Waals surface area contributed by atoms with Crippen molar-refractivity contribution in [1.29, 1.82) is 0 Å². The number of tetrazole rings is 1. The predicted molar refractivity (Wildman–Crippen MR) is 93.4 cm³/mol. The lowest BCUT2D eigenvalue weighted by Gasteiger charge is -2.15. The van der Waals surface area contributed by atoms with E-state index >= 15 is 0 Å². The third-order valence-corrected chi connectivity index (χ3v) is 4.33. The highest BCUT2D eigenvalue weighted by molar-refractivity contribution is 7.08. The number of thiophene rings is 1. The monoisotopic (exact) mass is 356 g/mol. The minimum Gasteiger partial charge on any atom is -0.355 e. The maximum atomic E-state index is 12.5. The Morgan fingerprint density at radius 2 is 2.20 bits per heavy atom. The van der Waals surface area contributed by atoms with Gasteiger partial charge in [0.2, 0.25) is 5.91 Å². The minimum absolute atomic E-state index is 0.173. The summed E-state index contributed by atoms with van der Waals surface area (Å²) in [6, 6.07) is 8.43. The zero-order chi connectivity index (χ0) is 17.6. The molecule has 0 saturated carbocycles. The summed E-state index contributed by atoms with van der Waals surface area (Å²) in [5, 5.41) is 20.5. The smallest absolute Gasteiger partial charge is 0.251 e. The average molecular weight is 356 g/mol. The SMILES string of the molecule is CNC(=O)c1cccc(NC(=O)C[C@@H](c2ccsc2)n2cnnn2)c1. The van der Waals surface area contributed by atoms with Crippen LogP contribution in [-0.2, 0) is 4.79 Å². The highest BCUT2D eigenvalue weighted by atomic mass is 32.1. The van der Waals surface area contributed by atoms with E-state index in [9.17, 15) is 9.59 Å². The molecular weight excluding hydrogens is 340 g/mol. The summed E-state index contributed by atoms with van der Waals surface area (Å²) in [5.74, 6) is -0.401. The molecule has 2 aromatic heterocycles. The van der Waals surface area contributed by atoms with Crippen LogP contribution in [0.1, 0.15) is 28.4 Å². The number of nitrogens with zero attached hydrogens (tertiary/aromatic N) is 4. The molecule has 2 heterocycles. The zero-order valence-corrected chi connectivity index (χ0v) is 14.2. The second-order valence-electron chi connectivity index (χ2n) is 5.27. The number of amides is 2. The molecule has 0 radical (unpaired) electrons. The average Bonchev–Trinajstić information content (AvgIpc) is 3.33. The highest BCUT2D eigenvalue weighted by Crippen LogP contribution is 2.24. The molecule has 9 heteroatoms. The molecule has 2 amide bonds. The van der Waals surface area contributed by atoms with Gasteiger partial charge in [-0.1, -0.05) is 6.07 Å². The second-order valence-corrected chi connectivity index (χ2v) is 6.05. The minimum atomic E-state index is -0.289. The van der Waals surface area contributed by atoms with Crippen molar-refractivity contribution in [3.05, 3.63) is 58.5 Å². The van der Waals surface area contributed by atoms with E-state index in [0.29, 0.717) is 11.3 Å². The topological polar surface area (TPSA) is 102 Å². The van der Waals surface area contributed by atoms with E-state index in [4.69, 9.17) is 0 Å². The van der Waals surface area contributed by atoms with Gasteiger partial charge in [0.25, 0.3) is 5.91 Å². The Labute approximate surface area is 147 Å². The van der Waals surface area contributed by atoms with Crippen LogP contribution in [-0.4, -0.2) is 39.1 Å². The van der Waals surface area contributed by atoms with Crippen LogP contribution in [0.2, 0.25) is 0 Å². The van der Waals surface area contributed by atoms with E-state index in [2.05, 4.69) is 26.2 Å². The van der Waals surface area contributed by atoms with E-state index in [-0.39, 0.29) is 24.3 Å². The van der Waals surface area contributed by atoms with Crippen LogP contribution in [0.5, 0.6) is 0 Å². The largest absolute Gasteiger partial charge is 0.355 e. The van der Waals surface area contributed by atoms with Gasteiger partial charge in [0.1, 0.15) is 6.33 Å². The van der Waals surface area contributed by atoms with Gasteiger partial charge in [-0.15, -0.1) is 5.10 Å². The number of hydrogen-bond donors (Lipinski definition) is 2. The fraction of sp³-hybridized carbons (Fsp3) is 0.188. The van der Waals surface area contributed by atoms with Crippen LogP contribution in [0.4, 0.5) is 5.69 Å². The third kappa shape index (κ3) is 4.07. The van der Waals surface area contributed by atoms with Crippen molar-refractivity contribution < 1.29 is 9.59 Å². The van der Waals surface area contributed by atoms with E-state index in [1.54, 1.807) is 47.3 Å². The first-order valence-corrected chi connectivity index (χ1v) is 8.48. The number of carbonyl (C=O) groups is 2. The van der Waals surface area contributed by atoms with Gasteiger partial charge in [-0.05, 0) is 51.0 Å². The Kier molecular flexibility index (Phi) is 5.14. The van der Waals surface area contributed by atoms with Gasteiger partial charge in [-0.2, -0.15) is 11.3 Å². The molecule has 2 N–H and O–H groups in total. The van der Waals surface area contributed by atoms with Crippen LogP contribution >= 0.6 is 11.3 Å². The molecule has 0 fully saturated rings. The summed E-state index contributed by atoms with van der Waals surface area (Å²) in [6.45, 7) is 0. The van der Waals surface area contributed by atoms with Crippen LogP contribution in [0.3, 0.4) is 0 Å². The van der Waals surface area contributed by atoms with Gasteiger partial charge in [0.15, 0.2) is 0 Å². The maximum Gasteiger partial charge on any atom is 0.251 e. The number of benzene rings is 1. The van der Waals surface area contributed by atoms with Crippen LogP contribution < -0.4 is 10.6 Å². The van der Waals surface area contributed by atoms with Crippen molar-refractivity contribution in [2.75, 3.05) is 12.4 Å². The van der Waals surface area contributed by atoms with Gasteiger partial charge >= 0.3 is 0 Å². The Balaban J connectivity index is 1.73. The van der Waals surface area contributed by atoms with Crippen LogP contribution in [0.25, 0.3) is 0 Å². The van der Waals surface area contributed by atoms with Crippen molar-refractivity contribution in [3.63, 3.8) is 0 Å². The number of anilines is 1. The normalized spacial score (nSPS) is 11.7. The van der Waals surface area contributed by atoms with E-state index in [1.165, 1.54) is 6.33 Å². The van der Waals surface area contributed by atoms with Crippen molar-refractivity contribution in [1.82, 2.24) is 25.5 Å². The molecule has 0 saturated heterocycles. The van der Waals surface area contributed by atoms with E-state index < -0.39 is 0 Å². The van der Waals surface area contributed by atoms with Gasteiger partial charge in [0.05, 0.1) is 12.5 Å². The van der Waals surface area contributed by atoms with Crippen molar-refractivity contribution in [3.8, 4) is 0 Å². The first-order chi connectivity index (χ1) is 12.2. The van der Waals surface area contributed by atoms with Gasteiger partial charge < -0.3 is 10.6 Å². The molecule has 8 nitrogen and oxygen atoms in total. The Bertz CT molecular complexity index is 813. The fourth-order valence-corrected chi connectivity index (χ4v) is 3.12. The number of hydrogen-bond acceptors (Lipinski definition) is 6. The molecule has 0 bridgehead atoms. The van der Waals surface area contributed by atoms with Gasteiger partial charge in [-0.25, -0.2) is 4.68 Å². The molecule has 128 valence electrons. The molecule has 25 heavy (non-hydrogen) atoms. The standard InChI is InChI=1S/C16H16N6O2S/c1-17-16(24)11-3-2-4-13(7-11)19-15(23)8-14(12-5-6-25-9-12)22-10-18-20-21-22/h2-7,9-10,14H,8H2,1H3,(H,17,24)(H,19,23)/t14-/m0/s1. The van der Waals surface area contributed by atoms with Crippen LogP contribution in [0.15, 0.2) is 47.4 Å². The van der Waals surface area contributed by atoms with Crippen molar-refractivity contribution >= 4 is 28.8 Å². The molecular formula is C16H16N6O2S. The summed E-state index contributed by atoms with van der Waals surface area (Å²) in [6.07, 6.45) is 1.66. The summed E-state index contributed by atoms with van der Waals surface area (Å²) in [4.78, 5) is 24.2. The molecule has 0 aliphatic heterocycles. The Morgan fingerprint density at radius 1 is 1.32 bits per heavy atom. The molecule has 0 aliphatic rings. The highest BCUT2D eigenvalue weighted by Gasteiger charge is 2.20. The number of nitrogens with one attached hydrogen (secondary N) is 2. The Morgan fingerprint density at radius 3 is 2.88 bits per heavy atom.